The first-order valence-corrected chi connectivity index (χ1v) is 1.93. The fourth-order valence-corrected chi connectivity index (χ4v) is 0. The van der Waals surface area contributed by atoms with Gasteiger partial charge in [-0.05, 0) is 7.43 Å². The van der Waals surface area contributed by atoms with E-state index in [2.05, 4.69) is 0 Å². The summed E-state index contributed by atoms with van der Waals surface area (Å²) in [6.45, 7) is 0. The molecular formula is CHF2O2S. The molecule has 6 heavy (non-hydrogen) atoms. The Bertz CT molecular complexity index is 94.7. The summed E-state index contributed by atoms with van der Waals surface area (Å²) < 4.78 is 36.6. The summed E-state index contributed by atoms with van der Waals surface area (Å²) in [5, 5.41) is 0. The van der Waals surface area contributed by atoms with Crippen molar-refractivity contribution in [3.8, 4) is 0 Å². The van der Waals surface area contributed by atoms with Crippen molar-refractivity contribution >= 4 is 10.6 Å². The first-order valence-electron chi connectivity index (χ1n) is 0.642. The third kappa shape index (κ3) is 833. The molecule has 0 aliphatic carbocycles. The number of rotatable bonds is 0. The molecule has 0 heterocycles. The van der Waals surface area contributed by atoms with E-state index in [1.807, 2.05) is 0 Å². The van der Waals surface area contributed by atoms with Crippen LogP contribution in [-0.2, 0) is 10.6 Å². The average Bonchev–Trinajstić information content (AvgIpc) is 0.722. The molecule has 0 spiro atoms. The first kappa shape index (κ1) is 9.26. The zero-order chi connectivity index (χ0) is 4.50. The van der Waals surface area contributed by atoms with Crippen LogP contribution in [0.25, 0.3) is 0 Å². The van der Waals surface area contributed by atoms with Gasteiger partial charge in [0, 0.05) is 0 Å². The van der Waals surface area contributed by atoms with Crippen molar-refractivity contribution in [3.63, 3.8) is 0 Å². The van der Waals surface area contributed by atoms with Crippen molar-refractivity contribution < 1.29 is 16.2 Å². The molecule has 0 amide bonds. The molecule has 2 nitrogen and oxygen atoms in total. The predicted molar refractivity (Wildman–Crippen MR) is 15.4 cm³/mol. The van der Waals surface area contributed by atoms with Crippen LogP contribution in [0.5, 0.6) is 0 Å². The lowest BCUT2D eigenvalue weighted by Gasteiger charge is -1.57. The summed E-state index contributed by atoms with van der Waals surface area (Å²) in [6, 6.07) is 0. The van der Waals surface area contributed by atoms with Crippen molar-refractivity contribution in [1.29, 1.82) is 0 Å². The van der Waals surface area contributed by atoms with Gasteiger partial charge in [-0.1, -0.05) is 7.77 Å². The lowest BCUT2D eigenvalue weighted by molar-refractivity contribution is 0.501. The van der Waals surface area contributed by atoms with Gasteiger partial charge in [-0.15, -0.1) is 0 Å². The van der Waals surface area contributed by atoms with E-state index in [1.165, 1.54) is 0 Å². The van der Waals surface area contributed by atoms with E-state index >= 15 is 0 Å². The highest BCUT2D eigenvalue weighted by molar-refractivity contribution is 7.81. The third-order valence-corrected chi connectivity index (χ3v) is 0. The highest BCUT2D eigenvalue weighted by Crippen LogP contribution is 1.85. The SMILES string of the molecule is O=S(=O)(F)F.[CH]. The highest BCUT2D eigenvalue weighted by Gasteiger charge is 1.94. The second kappa shape index (κ2) is 2.07. The summed E-state index contributed by atoms with van der Waals surface area (Å²) in [4.78, 5) is 0. The zero-order valence-electron chi connectivity index (χ0n) is 2.56. The Balaban J connectivity index is 0. The summed E-state index contributed by atoms with van der Waals surface area (Å²) in [6.07, 6.45) is 0. The largest absolute Gasteiger partial charge is 0.476 e. The van der Waals surface area contributed by atoms with Gasteiger partial charge >= 0.3 is 10.6 Å². The molecule has 0 unspecified atom stereocenters. The Morgan fingerprint density at radius 1 is 1.17 bits per heavy atom. The molecule has 0 rings (SSSR count). The average molecular weight is 115 g/mol. The van der Waals surface area contributed by atoms with Gasteiger partial charge in [0.15, 0.2) is 0 Å². The molecule has 0 aliphatic rings. The summed E-state index contributed by atoms with van der Waals surface area (Å²) >= 11 is 0. The highest BCUT2D eigenvalue weighted by atomic mass is 32.3. The van der Waals surface area contributed by atoms with Crippen LogP contribution in [0.3, 0.4) is 0 Å². The van der Waals surface area contributed by atoms with Gasteiger partial charge in [0.2, 0.25) is 0 Å². The lowest BCUT2D eigenvalue weighted by Crippen LogP contribution is -1.69. The van der Waals surface area contributed by atoms with Gasteiger partial charge in [0.05, 0.1) is 0 Å². The molecule has 0 saturated heterocycles. The molecule has 0 aromatic heterocycles. The summed E-state index contributed by atoms with van der Waals surface area (Å²) in [7, 11) is -5.67. The molecule has 0 aromatic carbocycles. The van der Waals surface area contributed by atoms with E-state index in [-0.39, 0.29) is 7.43 Å². The number of hydrogen-bond donors (Lipinski definition) is 0. The second-order valence-electron chi connectivity index (χ2n) is 0.378. The van der Waals surface area contributed by atoms with Crippen LogP contribution in [0.2, 0.25) is 0 Å². The van der Waals surface area contributed by atoms with Crippen molar-refractivity contribution in [2.75, 3.05) is 0 Å². The Morgan fingerprint density at radius 3 is 1.17 bits per heavy atom. The van der Waals surface area contributed by atoms with Crippen LogP contribution >= 0.6 is 0 Å². The smallest absolute Gasteiger partial charge is 0.160 e. The van der Waals surface area contributed by atoms with Crippen LogP contribution in [0, 0.1) is 7.43 Å². The number of hydrogen-bond acceptors (Lipinski definition) is 2. The monoisotopic (exact) mass is 115 g/mol. The van der Waals surface area contributed by atoms with Crippen LogP contribution in [0.4, 0.5) is 7.77 Å². The molecule has 5 heteroatoms. The van der Waals surface area contributed by atoms with Gasteiger partial charge in [0.1, 0.15) is 0 Å². The molecule has 37 valence electrons. The molecule has 0 aliphatic heterocycles. The Kier molecular flexibility index (Phi) is 3.19. The van der Waals surface area contributed by atoms with E-state index in [0.29, 0.717) is 0 Å². The van der Waals surface area contributed by atoms with Gasteiger partial charge in [-0.25, -0.2) is 0 Å². The Labute approximate surface area is 35.3 Å². The van der Waals surface area contributed by atoms with E-state index in [9.17, 15) is 7.77 Å². The first-order chi connectivity index (χ1) is 2.00. The topological polar surface area (TPSA) is 34.1 Å². The van der Waals surface area contributed by atoms with Gasteiger partial charge in [-0.3, -0.25) is 0 Å². The van der Waals surface area contributed by atoms with Crippen LogP contribution in [0.15, 0.2) is 0 Å². The van der Waals surface area contributed by atoms with Crippen molar-refractivity contribution in [2.45, 2.75) is 0 Å². The maximum Gasteiger partial charge on any atom is 0.476 e. The molecule has 0 saturated carbocycles. The second-order valence-corrected chi connectivity index (χ2v) is 1.14. The van der Waals surface area contributed by atoms with Crippen LogP contribution in [0.1, 0.15) is 0 Å². The maximum atomic E-state index is 9.99. The Morgan fingerprint density at radius 2 is 1.17 bits per heavy atom. The van der Waals surface area contributed by atoms with Crippen molar-refractivity contribution in [1.82, 2.24) is 0 Å². The van der Waals surface area contributed by atoms with Gasteiger partial charge in [-0.2, -0.15) is 8.42 Å². The van der Waals surface area contributed by atoms with Crippen molar-refractivity contribution in [2.24, 2.45) is 0 Å². The van der Waals surface area contributed by atoms with Crippen LogP contribution in [-0.4, -0.2) is 8.42 Å². The van der Waals surface area contributed by atoms with E-state index in [4.69, 9.17) is 8.42 Å². The third-order valence-electron chi connectivity index (χ3n) is 0. The fraction of sp³-hybridized carbons (Fsp3) is 0. The molecule has 0 aromatic rings. The minimum absolute atomic E-state index is 0. The minimum Gasteiger partial charge on any atom is -0.160 e. The quantitative estimate of drug-likeness (QED) is 0.427. The molecule has 3 radical (unpaired) electrons. The zero-order valence-corrected chi connectivity index (χ0v) is 3.37. The predicted octanol–water partition coefficient (Wildman–Crippen LogP) is 0.374. The van der Waals surface area contributed by atoms with E-state index in [0.717, 1.165) is 0 Å². The fourth-order valence-electron chi connectivity index (χ4n) is 0. The summed E-state index contributed by atoms with van der Waals surface area (Å²) in [5.41, 5.74) is 0. The minimum atomic E-state index is -5.67. The molecule has 0 atom stereocenters. The molecule has 0 bridgehead atoms. The standard InChI is InChI=1S/CH.F2O2S/c;1-5(2,3)4/h1H;. The summed E-state index contributed by atoms with van der Waals surface area (Å²) in [5.74, 6) is 0. The normalized spacial score (nSPS) is 9.67. The lowest BCUT2D eigenvalue weighted by atomic mass is 12.0. The number of halogens is 2. The van der Waals surface area contributed by atoms with E-state index < -0.39 is 10.6 Å². The Hall–Kier alpha value is -0.190. The van der Waals surface area contributed by atoms with E-state index in [1.54, 1.807) is 0 Å². The van der Waals surface area contributed by atoms with Crippen LogP contribution < -0.4 is 0 Å². The molecule has 0 N–H and O–H groups in total. The van der Waals surface area contributed by atoms with Gasteiger partial charge < -0.3 is 0 Å². The van der Waals surface area contributed by atoms with Gasteiger partial charge in [0.25, 0.3) is 0 Å². The maximum absolute atomic E-state index is 9.99. The van der Waals surface area contributed by atoms with Crippen molar-refractivity contribution in [3.05, 3.63) is 7.43 Å². The molecule has 0 fully saturated rings. The molecular weight excluding hydrogens is 114 g/mol.